The van der Waals surface area contributed by atoms with Crippen LogP contribution in [0.5, 0.6) is 0 Å². The molecule has 0 saturated heterocycles. The van der Waals surface area contributed by atoms with E-state index in [1.807, 2.05) is 13.8 Å². The highest BCUT2D eigenvalue weighted by Gasteiger charge is 2.43. The third-order valence-electron chi connectivity index (χ3n) is 4.37. The Hall–Kier alpha value is -1.85. The summed E-state index contributed by atoms with van der Waals surface area (Å²) in [6.07, 6.45) is 3.19. The van der Waals surface area contributed by atoms with E-state index in [-0.39, 0.29) is 11.8 Å². The predicted molar refractivity (Wildman–Crippen MR) is 75.8 cm³/mol. The molecule has 0 spiro atoms. The van der Waals surface area contributed by atoms with E-state index < -0.39 is 11.5 Å². The molecule has 1 amide bonds. The lowest BCUT2D eigenvalue weighted by Gasteiger charge is -2.27. The molecule has 0 aliphatic heterocycles. The summed E-state index contributed by atoms with van der Waals surface area (Å²) in [5.74, 6) is -0.767. The third-order valence-corrected chi connectivity index (χ3v) is 4.37. The minimum atomic E-state index is -1.08. The topological polar surface area (TPSA) is 92.4 Å². The van der Waals surface area contributed by atoms with Gasteiger partial charge in [0.1, 0.15) is 11.3 Å². The van der Waals surface area contributed by atoms with Crippen molar-refractivity contribution in [1.29, 1.82) is 0 Å². The van der Waals surface area contributed by atoms with Gasteiger partial charge in [0.25, 0.3) is 0 Å². The van der Waals surface area contributed by atoms with Gasteiger partial charge in [-0.15, -0.1) is 0 Å². The summed E-state index contributed by atoms with van der Waals surface area (Å²) in [5, 5.41) is 16.0. The van der Waals surface area contributed by atoms with E-state index >= 15 is 0 Å². The van der Waals surface area contributed by atoms with Crippen LogP contribution in [0.1, 0.15) is 49.6 Å². The number of hydrogen-bond acceptors (Lipinski definition) is 4. The number of rotatable bonds is 5. The molecule has 0 bridgehead atoms. The van der Waals surface area contributed by atoms with E-state index in [1.165, 1.54) is 0 Å². The molecule has 1 aliphatic rings. The molecule has 1 atom stereocenters. The molecule has 1 heterocycles. The Morgan fingerprint density at radius 1 is 1.38 bits per heavy atom. The largest absolute Gasteiger partial charge is 0.480 e. The van der Waals surface area contributed by atoms with Crippen molar-refractivity contribution in [3.63, 3.8) is 0 Å². The summed E-state index contributed by atoms with van der Waals surface area (Å²) in [4.78, 5) is 23.8. The van der Waals surface area contributed by atoms with Gasteiger partial charge in [0, 0.05) is 11.5 Å². The summed E-state index contributed by atoms with van der Waals surface area (Å²) in [7, 11) is 0. The lowest BCUT2D eigenvalue weighted by Crippen LogP contribution is -2.54. The standard InChI is InChI=1S/C15H22N2O4/c1-9(8-12-10(2)17-21-11(12)3)13(18)16-15(14(19)20)6-4-5-7-15/h9H,4-8H2,1-3H3,(H,16,18)(H,19,20)/t9-/m1/s1. The maximum atomic E-state index is 12.3. The van der Waals surface area contributed by atoms with Crippen molar-refractivity contribution >= 4 is 11.9 Å². The van der Waals surface area contributed by atoms with Crippen molar-refractivity contribution in [2.75, 3.05) is 0 Å². The maximum Gasteiger partial charge on any atom is 0.329 e. The first-order valence-corrected chi connectivity index (χ1v) is 7.33. The number of nitrogens with zero attached hydrogens (tertiary/aromatic N) is 1. The SMILES string of the molecule is Cc1noc(C)c1C[C@@H](C)C(=O)NC1(C(=O)O)CCCC1. The van der Waals surface area contributed by atoms with E-state index in [2.05, 4.69) is 10.5 Å². The summed E-state index contributed by atoms with van der Waals surface area (Å²) < 4.78 is 5.09. The zero-order chi connectivity index (χ0) is 15.6. The van der Waals surface area contributed by atoms with Gasteiger partial charge >= 0.3 is 5.97 Å². The van der Waals surface area contributed by atoms with Crippen LogP contribution in [0.2, 0.25) is 0 Å². The molecule has 1 fully saturated rings. The van der Waals surface area contributed by atoms with Crippen molar-refractivity contribution < 1.29 is 19.2 Å². The molecule has 21 heavy (non-hydrogen) atoms. The molecular weight excluding hydrogens is 272 g/mol. The first-order chi connectivity index (χ1) is 9.85. The molecule has 1 aromatic heterocycles. The first kappa shape index (κ1) is 15.5. The van der Waals surface area contributed by atoms with Crippen molar-refractivity contribution in [2.45, 2.75) is 58.4 Å². The quantitative estimate of drug-likeness (QED) is 0.866. The lowest BCUT2D eigenvalue weighted by atomic mass is 9.94. The van der Waals surface area contributed by atoms with E-state index in [0.29, 0.717) is 25.0 Å². The molecule has 116 valence electrons. The fourth-order valence-corrected chi connectivity index (χ4v) is 2.92. The molecule has 6 heteroatoms. The van der Waals surface area contributed by atoms with Gasteiger partial charge in [-0.3, -0.25) is 4.79 Å². The lowest BCUT2D eigenvalue weighted by molar-refractivity contribution is -0.148. The van der Waals surface area contributed by atoms with Crippen LogP contribution < -0.4 is 5.32 Å². The average molecular weight is 294 g/mol. The van der Waals surface area contributed by atoms with Crippen LogP contribution in [0.3, 0.4) is 0 Å². The number of carboxylic acid groups (broad SMARTS) is 1. The molecular formula is C15H22N2O4. The van der Waals surface area contributed by atoms with Crippen LogP contribution >= 0.6 is 0 Å². The minimum absolute atomic E-state index is 0.223. The van der Waals surface area contributed by atoms with Crippen molar-refractivity contribution in [3.8, 4) is 0 Å². The zero-order valence-corrected chi connectivity index (χ0v) is 12.7. The first-order valence-electron chi connectivity index (χ1n) is 7.33. The second-order valence-electron chi connectivity index (χ2n) is 5.99. The fourth-order valence-electron chi connectivity index (χ4n) is 2.92. The summed E-state index contributed by atoms with van der Waals surface area (Å²) in [6, 6.07) is 0. The number of hydrogen-bond donors (Lipinski definition) is 2. The molecule has 0 unspecified atom stereocenters. The van der Waals surface area contributed by atoms with Crippen LogP contribution in [0.25, 0.3) is 0 Å². The predicted octanol–water partition coefficient (Wildman–Crippen LogP) is 1.98. The second kappa shape index (κ2) is 5.87. The van der Waals surface area contributed by atoms with Gasteiger partial charge in [-0.25, -0.2) is 4.79 Å². The van der Waals surface area contributed by atoms with Crippen LogP contribution in [0, 0.1) is 19.8 Å². The van der Waals surface area contributed by atoms with Gasteiger partial charge in [0.15, 0.2) is 0 Å². The Morgan fingerprint density at radius 3 is 2.48 bits per heavy atom. The van der Waals surface area contributed by atoms with E-state index in [1.54, 1.807) is 6.92 Å². The number of aryl methyl sites for hydroxylation is 2. The number of amides is 1. The van der Waals surface area contributed by atoms with Crippen LogP contribution in [0.15, 0.2) is 4.52 Å². The van der Waals surface area contributed by atoms with Gasteiger partial charge in [0.05, 0.1) is 5.69 Å². The molecule has 0 aromatic carbocycles. The Kier molecular flexibility index (Phi) is 4.34. The normalized spacial score (nSPS) is 18.4. The van der Waals surface area contributed by atoms with E-state index in [9.17, 15) is 14.7 Å². The summed E-state index contributed by atoms with van der Waals surface area (Å²) in [6.45, 7) is 5.45. The Balaban J connectivity index is 2.04. The number of carboxylic acids is 1. The molecule has 0 radical (unpaired) electrons. The Labute approximate surface area is 123 Å². The minimum Gasteiger partial charge on any atom is -0.480 e. The van der Waals surface area contributed by atoms with Crippen molar-refractivity contribution in [1.82, 2.24) is 10.5 Å². The Morgan fingerprint density at radius 2 is 2.00 bits per heavy atom. The zero-order valence-electron chi connectivity index (χ0n) is 12.7. The van der Waals surface area contributed by atoms with Crippen molar-refractivity contribution in [3.05, 3.63) is 17.0 Å². The molecule has 1 saturated carbocycles. The van der Waals surface area contributed by atoms with Gasteiger partial charge in [-0.2, -0.15) is 0 Å². The van der Waals surface area contributed by atoms with Crippen LogP contribution in [0.4, 0.5) is 0 Å². The smallest absolute Gasteiger partial charge is 0.329 e. The van der Waals surface area contributed by atoms with Gasteiger partial charge < -0.3 is 14.9 Å². The van der Waals surface area contributed by atoms with Gasteiger partial charge in [-0.05, 0) is 33.1 Å². The fraction of sp³-hybridized carbons (Fsp3) is 0.667. The van der Waals surface area contributed by atoms with Crippen LogP contribution in [-0.2, 0) is 16.0 Å². The second-order valence-corrected chi connectivity index (χ2v) is 5.99. The number of carbonyl (C=O) groups excluding carboxylic acids is 1. The summed E-state index contributed by atoms with van der Waals surface area (Å²) >= 11 is 0. The molecule has 1 aliphatic carbocycles. The average Bonchev–Trinajstić information content (AvgIpc) is 3.01. The molecule has 1 aromatic rings. The van der Waals surface area contributed by atoms with E-state index in [0.717, 1.165) is 24.1 Å². The molecule has 6 nitrogen and oxygen atoms in total. The van der Waals surface area contributed by atoms with E-state index in [4.69, 9.17) is 4.52 Å². The monoisotopic (exact) mass is 294 g/mol. The van der Waals surface area contributed by atoms with Gasteiger partial charge in [-0.1, -0.05) is 24.9 Å². The highest BCUT2D eigenvalue weighted by atomic mass is 16.5. The number of carbonyl (C=O) groups is 2. The molecule has 2 rings (SSSR count). The van der Waals surface area contributed by atoms with Crippen LogP contribution in [-0.4, -0.2) is 27.7 Å². The summed E-state index contributed by atoms with van der Waals surface area (Å²) in [5.41, 5.74) is 0.624. The number of nitrogens with one attached hydrogen (secondary N) is 1. The highest BCUT2D eigenvalue weighted by molar-refractivity contribution is 5.88. The van der Waals surface area contributed by atoms with Gasteiger partial charge in [0.2, 0.25) is 5.91 Å². The molecule has 2 N–H and O–H groups in total. The Bertz CT molecular complexity index is 524. The maximum absolute atomic E-state index is 12.3. The number of aromatic nitrogens is 1. The van der Waals surface area contributed by atoms with Crippen molar-refractivity contribution in [2.24, 2.45) is 5.92 Å². The number of aliphatic carboxylic acids is 1. The third kappa shape index (κ3) is 3.09. The highest BCUT2D eigenvalue weighted by Crippen LogP contribution is 2.30.